The van der Waals surface area contributed by atoms with Gasteiger partial charge in [0.15, 0.2) is 0 Å². The van der Waals surface area contributed by atoms with E-state index in [0.29, 0.717) is 33.5 Å². The lowest BCUT2D eigenvalue weighted by Crippen LogP contribution is -2.48. The number of nitrogens with one attached hydrogen (secondary N) is 2. The Bertz CT molecular complexity index is 1320. The number of carboxylic acids is 1. The highest BCUT2D eigenvalue weighted by atomic mass is 35.5. The molecule has 0 aromatic heterocycles. The third-order valence-corrected chi connectivity index (χ3v) is 6.69. The van der Waals surface area contributed by atoms with Gasteiger partial charge in [0, 0.05) is 18.7 Å². The largest absolute Gasteiger partial charge is 0.488 e. The minimum absolute atomic E-state index is 0.0271. The van der Waals surface area contributed by atoms with E-state index in [-0.39, 0.29) is 43.2 Å². The predicted octanol–water partition coefficient (Wildman–Crippen LogP) is 6.25. The molecule has 0 saturated carbocycles. The van der Waals surface area contributed by atoms with Gasteiger partial charge in [-0.25, -0.2) is 14.0 Å². The predicted molar refractivity (Wildman–Crippen MR) is 143 cm³/mol. The third-order valence-electron chi connectivity index (χ3n) is 6.06. The van der Waals surface area contributed by atoms with Crippen molar-refractivity contribution in [1.29, 1.82) is 0 Å². The van der Waals surface area contributed by atoms with Gasteiger partial charge in [0.25, 0.3) is 0 Å². The number of aromatic carboxylic acids is 1. The summed E-state index contributed by atoms with van der Waals surface area (Å²) in [6, 6.07) is 16.6. The number of para-hydroxylation sites is 1. The van der Waals surface area contributed by atoms with Gasteiger partial charge in [0.1, 0.15) is 12.4 Å². The summed E-state index contributed by atoms with van der Waals surface area (Å²) in [5, 5.41) is 14.8. The SMILES string of the molecule is O=C(Nc1ccc(CC(=O)N2CCC[C@]2(F)COc2ccc(C(=O)O)cc2)cc1)Nc1c(Cl)cccc1Cl. The number of halogens is 3. The topological polar surface area (TPSA) is 108 Å². The van der Waals surface area contributed by atoms with Gasteiger partial charge in [-0.3, -0.25) is 4.79 Å². The molecule has 3 amide bonds. The monoisotopic (exact) mass is 559 g/mol. The van der Waals surface area contributed by atoms with E-state index in [9.17, 15) is 14.4 Å². The average molecular weight is 560 g/mol. The van der Waals surface area contributed by atoms with Gasteiger partial charge < -0.3 is 25.4 Å². The summed E-state index contributed by atoms with van der Waals surface area (Å²) in [5.74, 6) is -3.11. The van der Waals surface area contributed by atoms with E-state index >= 15 is 4.39 Å². The molecule has 0 unspecified atom stereocenters. The molecule has 3 aromatic rings. The Labute approximate surface area is 228 Å². The lowest BCUT2D eigenvalue weighted by atomic mass is 10.1. The molecule has 8 nitrogen and oxygen atoms in total. The Morgan fingerprint density at radius 2 is 1.63 bits per heavy atom. The van der Waals surface area contributed by atoms with Crippen LogP contribution in [0.3, 0.4) is 0 Å². The number of carbonyl (C=O) groups is 3. The summed E-state index contributed by atoms with van der Waals surface area (Å²) in [5.41, 5.74) is 1.51. The Morgan fingerprint density at radius 3 is 2.26 bits per heavy atom. The van der Waals surface area contributed by atoms with Crippen molar-refractivity contribution in [1.82, 2.24) is 4.90 Å². The number of benzene rings is 3. The Balaban J connectivity index is 1.32. The van der Waals surface area contributed by atoms with Crippen LogP contribution in [0.15, 0.2) is 66.7 Å². The second-order valence-electron chi connectivity index (χ2n) is 8.73. The van der Waals surface area contributed by atoms with Crippen LogP contribution in [-0.4, -0.2) is 46.9 Å². The van der Waals surface area contributed by atoms with Gasteiger partial charge in [-0.1, -0.05) is 41.4 Å². The summed E-state index contributed by atoms with van der Waals surface area (Å²) >= 11 is 12.1. The summed E-state index contributed by atoms with van der Waals surface area (Å²) < 4.78 is 21.2. The number of hydrogen-bond acceptors (Lipinski definition) is 4. The van der Waals surface area contributed by atoms with Crippen molar-refractivity contribution in [3.05, 3.63) is 87.9 Å². The smallest absolute Gasteiger partial charge is 0.335 e. The van der Waals surface area contributed by atoms with E-state index in [0.717, 1.165) is 0 Å². The molecule has 1 atom stereocenters. The Morgan fingerprint density at radius 1 is 0.974 bits per heavy atom. The lowest BCUT2D eigenvalue weighted by molar-refractivity contribution is -0.144. The number of alkyl halides is 1. The molecule has 0 radical (unpaired) electrons. The lowest BCUT2D eigenvalue weighted by Gasteiger charge is -2.31. The molecular formula is C27H24Cl2FN3O5. The number of nitrogens with zero attached hydrogens (tertiary/aromatic N) is 1. The van der Waals surface area contributed by atoms with E-state index in [1.54, 1.807) is 42.5 Å². The molecular weight excluding hydrogens is 536 g/mol. The molecule has 38 heavy (non-hydrogen) atoms. The molecule has 1 saturated heterocycles. The Kier molecular flexibility index (Phi) is 8.38. The van der Waals surface area contributed by atoms with Crippen molar-refractivity contribution in [2.75, 3.05) is 23.8 Å². The number of ether oxygens (including phenoxy) is 1. The maximum absolute atomic E-state index is 15.7. The van der Waals surface area contributed by atoms with Crippen molar-refractivity contribution in [2.45, 2.75) is 25.1 Å². The van der Waals surface area contributed by atoms with Crippen LogP contribution < -0.4 is 15.4 Å². The first-order chi connectivity index (χ1) is 18.1. The fourth-order valence-corrected chi connectivity index (χ4v) is 4.59. The standard InChI is InChI=1S/C27H24Cl2FN3O5/c28-21-3-1-4-22(29)24(21)32-26(37)31-19-9-5-17(6-10-19)15-23(34)33-14-2-13-27(33,30)16-38-20-11-7-18(8-12-20)25(35)36/h1,3-12H,2,13-16H2,(H,35,36)(H2,31,32,37)/t27-/m1/s1. The van der Waals surface area contributed by atoms with E-state index in [1.807, 2.05) is 0 Å². The normalized spacial score (nSPS) is 16.7. The summed E-state index contributed by atoms with van der Waals surface area (Å²) in [4.78, 5) is 37.4. The van der Waals surface area contributed by atoms with Gasteiger partial charge in [0.05, 0.1) is 27.7 Å². The number of carbonyl (C=O) groups excluding carboxylic acids is 2. The van der Waals surface area contributed by atoms with Crippen molar-refractivity contribution >= 4 is 52.5 Å². The van der Waals surface area contributed by atoms with E-state index < -0.39 is 17.8 Å². The molecule has 0 aliphatic carbocycles. The summed E-state index contributed by atoms with van der Waals surface area (Å²) in [7, 11) is 0. The number of rotatable bonds is 8. The number of amides is 3. The second kappa shape index (κ2) is 11.7. The first-order valence-corrected chi connectivity index (χ1v) is 12.5. The zero-order valence-corrected chi connectivity index (χ0v) is 21.6. The number of urea groups is 1. The average Bonchev–Trinajstić information content (AvgIpc) is 3.28. The zero-order valence-electron chi connectivity index (χ0n) is 20.0. The number of carboxylic acid groups (broad SMARTS) is 1. The number of likely N-dealkylation sites (tertiary alicyclic amines) is 1. The maximum Gasteiger partial charge on any atom is 0.335 e. The van der Waals surface area contributed by atoms with Crippen LogP contribution in [0.1, 0.15) is 28.8 Å². The van der Waals surface area contributed by atoms with Crippen LogP contribution in [0.2, 0.25) is 10.0 Å². The number of anilines is 2. The first kappa shape index (κ1) is 27.2. The molecule has 198 valence electrons. The van der Waals surface area contributed by atoms with Crippen molar-refractivity contribution in [3.63, 3.8) is 0 Å². The molecule has 3 N–H and O–H groups in total. The quantitative estimate of drug-likeness (QED) is 0.283. The molecule has 3 aromatic carbocycles. The van der Waals surface area contributed by atoms with Crippen LogP contribution >= 0.6 is 23.2 Å². The first-order valence-electron chi connectivity index (χ1n) is 11.7. The highest BCUT2D eigenvalue weighted by Crippen LogP contribution is 2.33. The molecule has 1 aliphatic rings. The zero-order chi connectivity index (χ0) is 27.3. The van der Waals surface area contributed by atoms with Crippen LogP contribution in [0.25, 0.3) is 0 Å². The van der Waals surface area contributed by atoms with E-state index in [2.05, 4.69) is 10.6 Å². The molecule has 1 heterocycles. The number of hydrogen-bond donors (Lipinski definition) is 3. The van der Waals surface area contributed by atoms with Crippen LogP contribution in [0.4, 0.5) is 20.6 Å². The summed E-state index contributed by atoms with van der Waals surface area (Å²) in [6.07, 6.45) is 0.608. The van der Waals surface area contributed by atoms with Crippen LogP contribution in [0, 0.1) is 0 Å². The van der Waals surface area contributed by atoms with Gasteiger partial charge in [-0.15, -0.1) is 0 Å². The molecule has 4 rings (SSSR count). The van der Waals surface area contributed by atoms with E-state index in [4.69, 9.17) is 33.0 Å². The fraction of sp³-hybridized carbons (Fsp3) is 0.222. The highest BCUT2D eigenvalue weighted by molar-refractivity contribution is 6.39. The van der Waals surface area contributed by atoms with Gasteiger partial charge >= 0.3 is 12.0 Å². The van der Waals surface area contributed by atoms with Gasteiger partial charge in [-0.2, -0.15) is 0 Å². The Hall–Kier alpha value is -3.82. The maximum atomic E-state index is 15.7. The fourth-order valence-electron chi connectivity index (χ4n) is 4.10. The minimum atomic E-state index is -1.97. The molecule has 0 spiro atoms. The molecule has 11 heteroatoms. The van der Waals surface area contributed by atoms with Crippen LogP contribution in [0.5, 0.6) is 5.75 Å². The van der Waals surface area contributed by atoms with E-state index in [1.165, 1.54) is 29.2 Å². The van der Waals surface area contributed by atoms with Crippen molar-refractivity contribution in [2.24, 2.45) is 0 Å². The van der Waals surface area contributed by atoms with Crippen molar-refractivity contribution in [3.8, 4) is 5.75 Å². The van der Waals surface area contributed by atoms with Gasteiger partial charge in [0.2, 0.25) is 11.7 Å². The molecule has 0 bridgehead atoms. The van der Waals surface area contributed by atoms with Crippen molar-refractivity contribution < 1.29 is 28.6 Å². The second-order valence-corrected chi connectivity index (χ2v) is 9.55. The van der Waals surface area contributed by atoms with Crippen LogP contribution in [-0.2, 0) is 11.2 Å². The highest BCUT2D eigenvalue weighted by Gasteiger charge is 2.44. The van der Waals surface area contributed by atoms with Gasteiger partial charge in [-0.05, 0) is 60.5 Å². The molecule has 1 fully saturated rings. The molecule has 1 aliphatic heterocycles. The third kappa shape index (κ3) is 6.54. The summed E-state index contributed by atoms with van der Waals surface area (Å²) in [6.45, 7) is -0.0976. The minimum Gasteiger partial charge on any atom is -0.488 e.